The molecule has 2 heterocycles. The van der Waals surface area contributed by atoms with Gasteiger partial charge in [-0.15, -0.1) is 0 Å². The van der Waals surface area contributed by atoms with Gasteiger partial charge in [0.2, 0.25) is 0 Å². The predicted octanol–water partition coefficient (Wildman–Crippen LogP) is 6.79. The molecule has 0 aliphatic carbocycles. The SMILES string of the molecule is CN(Cc1ccc(NC(=O)C2=Cc3cc(-c4ccc(C(F)(F)F)cc4)ccc3OCC2)cc1)C1CCOCC1. The highest BCUT2D eigenvalue weighted by Crippen LogP contribution is 2.34. The lowest BCUT2D eigenvalue weighted by Crippen LogP contribution is -2.36. The van der Waals surface area contributed by atoms with Crippen LogP contribution in [0.4, 0.5) is 18.9 Å². The number of fused-ring (bicyclic) bond motifs is 1. The maximum absolute atomic E-state index is 13.1. The second-order valence-electron chi connectivity index (χ2n) is 10.0. The van der Waals surface area contributed by atoms with Crippen LogP contribution in [-0.2, 0) is 22.3 Å². The summed E-state index contributed by atoms with van der Waals surface area (Å²) in [5, 5.41) is 2.98. The monoisotopic (exact) mass is 536 g/mol. The van der Waals surface area contributed by atoms with E-state index >= 15 is 0 Å². The molecule has 0 atom stereocenters. The van der Waals surface area contributed by atoms with E-state index in [-0.39, 0.29) is 5.91 Å². The van der Waals surface area contributed by atoms with Crippen molar-refractivity contribution in [1.82, 2.24) is 4.90 Å². The van der Waals surface area contributed by atoms with Gasteiger partial charge in [-0.25, -0.2) is 0 Å². The molecule has 0 unspecified atom stereocenters. The molecule has 2 aliphatic rings. The molecule has 1 fully saturated rings. The van der Waals surface area contributed by atoms with Gasteiger partial charge in [0.15, 0.2) is 0 Å². The van der Waals surface area contributed by atoms with E-state index in [1.165, 1.54) is 17.7 Å². The van der Waals surface area contributed by atoms with Crippen molar-refractivity contribution in [2.75, 3.05) is 32.2 Å². The first-order chi connectivity index (χ1) is 18.8. The molecule has 1 saturated heterocycles. The first kappa shape index (κ1) is 27.0. The van der Waals surface area contributed by atoms with E-state index in [1.54, 1.807) is 18.2 Å². The average Bonchev–Trinajstić information content (AvgIpc) is 3.16. The van der Waals surface area contributed by atoms with Gasteiger partial charge >= 0.3 is 6.18 Å². The van der Waals surface area contributed by atoms with Crippen LogP contribution in [-0.4, -0.2) is 43.7 Å². The standard InChI is InChI=1S/C31H31F3N2O3/c1-36(28-13-15-38-16-14-28)20-21-2-9-27(10-3-21)35-30(37)24-12-17-39-29-11-6-23(18-25(29)19-24)22-4-7-26(8-5-22)31(32,33)34/h2-11,18-19,28H,12-17,20H2,1H3,(H,35,37). The smallest absolute Gasteiger partial charge is 0.416 e. The van der Waals surface area contributed by atoms with E-state index < -0.39 is 11.7 Å². The zero-order valence-corrected chi connectivity index (χ0v) is 21.8. The topological polar surface area (TPSA) is 50.8 Å². The number of nitrogens with zero attached hydrogens (tertiary/aromatic N) is 1. The third-order valence-electron chi connectivity index (χ3n) is 7.26. The molecule has 5 nitrogen and oxygen atoms in total. The number of benzene rings is 3. The van der Waals surface area contributed by atoms with Crippen LogP contribution >= 0.6 is 0 Å². The molecular weight excluding hydrogens is 505 g/mol. The quantitative estimate of drug-likeness (QED) is 0.377. The van der Waals surface area contributed by atoms with Gasteiger partial charge in [-0.1, -0.05) is 30.3 Å². The number of halogens is 3. The Bertz CT molecular complexity index is 1330. The van der Waals surface area contributed by atoms with Gasteiger partial charge in [-0.3, -0.25) is 9.69 Å². The summed E-state index contributed by atoms with van der Waals surface area (Å²) in [5.74, 6) is 0.421. The Morgan fingerprint density at radius 3 is 2.33 bits per heavy atom. The molecule has 0 spiro atoms. The fourth-order valence-electron chi connectivity index (χ4n) is 4.98. The lowest BCUT2D eigenvalue weighted by molar-refractivity contribution is -0.137. The van der Waals surface area contributed by atoms with Crippen molar-refractivity contribution in [3.05, 3.63) is 89.0 Å². The lowest BCUT2D eigenvalue weighted by Gasteiger charge is -2.31. The van der Waals surface area contributed by atoms with Gasteiger partial charge < -0.3 is 14.8 Å². The Kier molecular flexibility index (Phi) is 8.04. The first-order valence-corrected chi connectivity index (χ1v) is 13.1. The zero-order chi connectivity index (χ0) is 27.4. The Hall–Kier alpha value is -3.62. The fraction of sp³-hybridized carbons (Fsp3) is 0.323. The van der Waals surface area contributed by atoms with Gasteiger partial charge in [-0.05, 0) is 79.1 Å². The minimum absolute atomic E-state index is 0.210. The minimum Gasteiger partial charge on any atom is -0.493 e. The summed E-state index contributed by atoms with van der Waals surface area (Å²) in [4.78, 5) is 15.5. The third-order valence-corrected chi connectivity index (χ3v) is 7.26. The maximum Gasteiger partial charge on any atom is 0.416 e. The molecule has 1 amide bonds. The molecule has 0 saturated carbocycles. The van der Waals surface area contributed by atoms with Crippen molar-refractivity contribution in [2.45, 2.75) is 38.0 Å². The van der Waals surface area contributed by atoms with Crippen LogP contribution < -0.4 is 10.1 Å². The highest BCUT2D eigenvalue weighted by atomic mass is 19.4. The van der Waals surface area contributed by atoms with Crippen molar-refractivity contribution < 1.29 is 27.4 Å². The average molecular weight is 537 g/mol. The molecule has 1 N–H and O–H groups in total. The number of nitrogens with one attached hydrogen (secondary N) is 1. The first-order valence-electron chi connectivity index (χ1n) is 13.1. The van der Waals surface area contributed by atoms with Gasteiger partial charge in [0, 0.05) is 49.0 Å². The summed E-state index contributed by atoms with van der Waals surface area (Å²) < 4.78 is 50.1. The van der Waals surface area contributed by atoms with E-state index in [0.29, 0.717) is 47.2 Å². The largest absolute Gasteiger partial charge is 0.493 e. The van der Waals surface area contributed by atoms with Gasteiger partial charge in [0.25, 0.3) is 5.91 Å². The molecule has 3 aromatic rings. The summed E-state index contributed by atoms with van der Waals surface area (Å²) in [7, 11) is 2.13. The normalized spacial score (nSPS) is 16.2. The molecule has 0 aromatic heterocycles. The summed E-state index contributed by atoms with van der Waals surface area (Å²) in [6.45, 7) is 2.80. The Morgan fingerprint density at radius 2 is 1.64 bits per heavy atom. The molecule has 2 aliphatic heterocycles. The number of amides is 1. The molecule has 204 valence electrons. The summed E-state index contributed by atoms with van der Waals surface area (Å²) in [5.41, 5.74) is 3.86. The van der Waals surface area contributed by atoms with Crippen molar-refractivity contribution in [2.24, 2.45) is 0 Å². The molecule has 0 radical (unpaired) electrons. The molecule has 8 heteroatoms. The van der Waals surface area contributed by atoms with E-state index in [2.05, 4.69) is 17.3 Å². The van der Waals surface area contributed by atoms with Crippen LogP contribution in [0.1, 0.15) is 36.0 Å². The Morgan fingerprint density at radius 1 is 0.949 bits per heavy atom. The Balaban J connectivity index is 1.27. The molecular formula is C31H31F3N2O3. The van der Waals surface area contributed by atoms with E-state index in [1.807, 2.05) is 30.3 Å². The fourth-order valence-corrected chi connectivity index (χ4v) is 4.98. The predicted molar refractivity (Wildman–Crippen MR) is 145 cm³/mol. The van der Waals surface area contributed by atoms with Crippen LogP contribution in [0.5, 0.6) is 5.75 Å². The number of ether oxygens (including phenoxy) is 2. The number of anilines is 1. The van der Waals surface area contributed by atoms with Gasteiger partial charge in [0.05, 0.1) is 12.2 Å². The van der Waals surface area contributed by atoms with Crippen molar-refractivity contribution in [1.29, 1.82) is 0 Å². The number of carbonyl (C=O) groups excluding carboxylic acids is 1. The van der Waals surface area contributed by atoms with Gasteiger partial charge in [-0.2, -0.15) is 13.2 Å². The molecule has 39 heavy (non-hydrogen) atoms. The van der Waals surface area contributed by atoms with Crippen LogP contribution in [0.25, 0.3) is 17.2 Å². The van der Waals surface area contributed by atoms with Crippen molar-refractivity contribution >= 4 is 17.7 Å². The minimum atomic E-state index is -4.38. The van der Waals surface area contributed by atoms with E-state index in [0.717, 1.165) is 50.3 Å². The number of rotatable bonds is 6. The summed E-state index contributed by atoms with van der Waals surface area (Å²) >= 11 is 0. The number of hydrogen-bond acceptors (Lipinski definition) is 4. The lowest BCUT2D eigenvalue weighted by atomic mass is 9.99. The summed E-state index contributed by atoms with van der Waals surface area (Å²) in [6, 6.07) is 18.9. The van der Waals surface area contributed by atoms with Crippen LogP contribution in [0, 0.1) is 0 Å². The van der Waals surface area contributed by atoms with Crippen LogP contribution in [0.3, 0.4) is 0 Å². The zero-order valence-electron chi connectivity index (χ0n) is 21.8. The highest BCUT2D eigenvalue weighted by molar-refractivity contribution is 6.07. The van der Waals surface area contributed by atoms with Crippen molar-refractivity contribution in [3.63, 3.8) is 0 Å². The number of hydrogen-bond donors (Lipinski definition) is 1. The number of carbonyl (C=O) groups is 1. The Labute approximate surface area is 226 Å². The molecule has 0 bridgehead atoms. The maximum atomic E-state index is 13.1. The second-order valence-corrected chi connectivity index (χ2v) is 10.0. The third kappa shape index (κ3) is 6.69. The molecule has 3 aromatic carbocycles. The second kappa shape index (κ2) is 11.6. The van der Waals surface area contributed by atoms with Gasteiger partial charge in [0.1, 0.15) is 5.75 Å². The van der Waals surface area contributed by atoms with Crippen molar-refractivity contribution in [3.8, 4) is 16.9 Å². The van der Waals surface area contributed by atoms with Crippen LogP contribution in [0.2, 0.25) is 0 Å². The number of alkyl halides is 3. The van der Waals surface area contributed by atoms with E-state index in [9.17, 15) is 18.0 Å². The van der Waals surface area contributed by atoms with E-state index in [4.69, 9.17) is 9.47 Å². The summed E-state index contributed by atoms with van der Waals surface area (Å²) in [6.07, 6.45) is -0.0734. The van der Waals surface area contributed by atoms with Crippen LogP contribution in [0.15, 0.2) is 72.3 Å². The molecule has 5 rings (SSSR count). The highest BCUT2D eigenvalue weighted by Gasteiger charge is 2.30.